The van der Waals surface area contributed by atoms with Gasteiger partial charge in [0.2, 0.25) is 0 Å². The summed E-state index contributed by atoms with van der Waals surface area (Å²) < 4.78 is 0. The van der Waals surface area contributed by atoms with E-state index in [2.05, 4.69) is 42.5 Å². The minimum atomic E-state index is -0.654. The number of nitrogens with two attached hydrogens (primary N) is 1. The first kappa shape index (κ1) is 28.0. The molecule has 0 spiro atoms. The van der Waals surface area contributed by atoms with E-state index in [1.807, 2.05) is 0 Å². The van der Waals surface area contributed by atoms with E-state index in [0.717, 1.165) is 31.6 Å². The van der Waals surface area contributed by atoms with E-state index in [4.69, 9.17) is 5.73 Å². The number of hydrogen-bond donors (Lipinski definition) is 2. The zero-order valence-corrected chi connectivity index (χ0v) is 22.1. The van der Waals surface area contributed by atoms with Gasteiger partial charge in [0, 0.05) is 6.42 Å². The third-order valence-corrected chi connectivity index (χ3v) is 9.07. The van der Waals surface area contributed by atoms with Crippen LogP contribution in [0, 0.1) is 17.8 Å². The summed E-state index contributed by atoms with van der Waals surface area (Å²) in [5.41, 5.74) is 7.60. The summed E-state index contributed by atoms with van der Waals surface area (Å²) in [6.45, 7) is 0.653. The summed E-state index contributed by atoms with van der Waals surface area (Å²) in [6, 6.07) is 10.9. The number of allylic oxidation sites excluding steroid dienone is 2. The van der Waals surface area contributed by atoms with Crippen molar-refractivity contribution in [3.8, 4) is 0 Å². The molecule has 2 fully saturated rings. The molecule has 0 amide bonds. The van der Waals surface area contributed by atoms with Gasteiger partial charge in [0.15, 0.2) is 0 Å². The zero-order valence-electron chi connectivity index (χ0n) is 22.1. The molecule has 3 rings (SSSR count). The highest BCUT2D eigenvalue weighted by Gasteiger charge is 2.39. The zero-order chi connectivity index (χ0) is 24.8. The number of carbonyl (C=O) groups is 1. The lowest BCUT2D eigenvalue weighted by atomic mass is 9.68. The molecule has 0 aliphatic heterocycles. The molecule has 3 nitrogen and oxygen atoms in total. The monoisotopic (exact) mass is 481 g/mol. The molecule has 35 heavy (non-hydrogen) atoms. The van der Waals surface area contributed by atoms with Gasteiger partial charge >= 0.3 is 5.97 Å². The fraction of sp³-hybridized carbons (Fsp3) is 0.719. The molecule has 0 radical (unpaired) electrons. The van der Waals surface area contributed by atoms with E-state index in [1.54, 1.807) is 0 Å². The van der Waals surface area contributed by atoms with E-state index in [0.29, 0.717) is 12.5 Å². The average molecular weight is 482 g/mol. The van der Waals surface area contributed by atoms with E-state index < -0.39 is 5.97 Å². The molecule has 0 heterocycles. The lowest BCUT2D eigenvalue weighted by Gasteiger charge is -2.37. The van der Waals surface area contributed by atoms with E-state index in [-0.39, 0.29) is 17.8 Å². The molecule has 2 aliphatic rings. The Bertz CT molecular complexity index is 731. The summed E-state index contributed by atoms with van der Waals surface area (Å²) in [7, 11) is 0. The van der Waals surface area contributed by atoms with Gasteiger partial charge in [0.25, 0.3) is 0 Å². The third kappa shape index (κ3) is 9.41. The van der Waals surface area contributed by atoms with Gasteiger partial charge in [-0.1, -0.05) is 100 Å². The van der Waals surface area contributed by atoms with E-state index in [9.17, 15) is 9.90 Å². The van der Waals surface area contributed by atoms with Crippen LogP contribution in [0.25, 0.3) is 0 Å². The van der Waals surface area contributed by atoms with Crippen LogP contribution in [0.5, 0.6) is 0 Å². The highest BCUT2D eigenvalue weighted by Crippen LogP contribution is 2.48. The number of rotatable bonds is 16. The minimum absolute atomic E-state index is 0.148. The molecular weight excluding hydrogens is 430 g/mol. The lowest BCUT2D eigenvalue weighted by Crippen LogP contribution is -2.31. The Morgan fingerprint density at radius 1 is 0.943 bits per heavy atom. The number of carboxylic acid groups (broad SMARTS) is 1. The number of aliphatic carboxylic acids is 1. The summed E-state index contributed by atoms with van der Waals surface area (Å²) in [4.78, 5) is 11.9. The Labute approximate surface area is 215 Å². The average Bonchev–Trinajstić information content (AvgIpc) is 3.35. The normalized spacial score (nSPS) is 20.3. The van der Waals surface area contributed by atoms with Gasteiger partial charge in [-0.05, 0) is 86.6 Å². The molecule has 2 aliphatic carbocycles. The molecule has 3 heteroatoms. The summed E-state index contributed by atoms with van der Waals surface area (Å²) in [5.74, 6) is 0.933. The number of hydrogen-bond acceptors (Lipinski definition) is 2. The van der Waals surface area contributed by atoms with Crippen molar-refractivity contribution in [3.05, 3.63) is 48.0 Å². The topological polar surface area (TPSA) is 63.3 Å². The predicted molar refractivity (Wildman–Crippen MR) is 148 cm³/mol. The van der Waals surface area contributed by atoms with Crippen molar-refractivity contribution in [2.45, 2.75) is 121 Å². The fourth-order valence-corrected chi connectivity index (χ4v) is 7.13. The Kier molecular flexibility index (Phi) is 12.4. The smallest absolute Gasteiger partial charge is 0.303 e. The van der Waals surface area contributed by atoms with Gasteiger partial charge in [-0.25, -0.2) is 0 Å². The third-order valence-electron chi connectivity index (χ3n) is 9.07. The highest BCUT2D eigenvalue weighted by molar-refractivity contribution is 5.67. The molecule has 0 unspecified atom stereocenters. The molecular formula is C32H51NO2. The van der Waals surface area contributed by atoms with Crippen LogP contribution in [-0.4, -0.2) is 17.6 Å². The number of benzene rings is 1. The van der Waals surface area contributed by atoms with Gasteiger partial charge in [-0.2, -0.15) is 0 Å². The second kappa shape index (κ2) is 15.5. The van der Waals surface area contributed by atoms with Crippen LogP contribution in [-0.2, 0) is 10.2 Å². The minimum Gasteiger partial charge on any atom is -0.481 e. The maximum atomic E-state index is 11.9. The van der Waals surface area contributed by atoms with Crippen molar-refractivity contribution in [1.29, 1.82) is 0 Å². The highest BCUT2D eigenvalue weighted by atomic mass is 16.4. The van der Waals surface area contributed by atoms with Crippen molar-refractivity contribution in [2.24, 2.45) is 23.5 Å². The SMILES string of the molecule is NCC[C@H](CCCCC=CCCC1CCCCC1)[C@H](CC(=O)O)CC1(c2ccccc2)CCCC1. The molecule has 3 N–H and O–H groups in total. The molecule has 2 atom stereocenters. The predicted octanol–water partition coefficient (Wildman–Crippen LogP) is 8.42. The largest absolute Gasteiger partial charge is 0.481 e. The Balaban J connectivity index is 1.50. The van der Waals surface area contributed by atoms with E-state index in [1.165, 1.54) is 89.0 Å². The van der Waals surface area contributed by atoms with Crippen LogP contribution in [0.15, 0.2) is 42.5 Å². The molecule has 1 aromatic rings. The van der Waals surface area contributed by atoms with E-state index >= 15 is 0 Å². The second-order valence-electron chi connectivity index (χ2n) is 11.6. The molecule has 0 aromatic heterocycles. The summed E-state index contributed by atoms with van der Waals surface area (Å²) >= 11 is 0. The Morgan fingerprint density at radius 3 is 2.34 bits per heavy atom. The van der Waals surface area contributed by atoms with Crippen LogP contribution in [0.1, 0.15) is 121 Å². The Morgan fingerprint density at radius 2 is 1.66 bits per heavy atom. The van der Waals surface area contributed by atoms with Crippen LogP contribution >= 0.6 is 0 Å². The number of unbranched alkanes of at least 4 members (excludes halogenated alkanes) is 2. The maximum Gasteiger partial charge on any atom is 0.303 e. The van der Waals surface area contributed by atoms with Gasteiger partial charge in [-0.15, -0.1) is 0 Å². The van der Waals surface area contributed by atoms with Crippen LogP contribution < -0.4 is 5.73 Å². The maximum absolute atomic E-state index is 11.9. The van der Waals surface area contributed by atoms with Crippen molar-refractivity contribution in [3.63, 3.8) is 0 Å². The molecule has 0 saturated heterocycles. The standard InChI is InChI=1S/C32H51NO2/c33-24-21-28(18-10-4-2-1-3-7-15-27-16-8-5-9-17-27)29(25-31(34)35)26-32(22-13-14-23-32)30-19-11-6-12-20-30/h1,3,6,11-12,19-20,27-29H,2,4-5,7-10,13-18,21-26,33H2,(H,34,35)/t28-,29+/m0/s1. The first-order valence-corrected chi connectivity index (χ1v) is 14.8. The van der Waals surface area contributed by atoms with Crippen LogP contribution in [0.2, 0.25) is 0 Å². The quantitative estimate of drug-likeness (QED) is 0.184. The van der Waals surface area contributed by atoms with Crippen molar-refractivity contribution >= 4 is 5.97 Å². The first-order chi connectivity index (χ1) is 17.1. The first-order valence-electron chi connectivity index (χ1n) is 14.8. The summed E-state index contributed by atoms with van der Waals surface area (Å²) in [6.07, 6.45) is 26.3. The van der Waals surface area contributed by atoms with Gasteiger partial charge in [0.1, 0.15) is 0 Å². The van der Waals surface area contributed by atoms with Crippen molar-refractivity contribution < 1.29 is 9.90 Å². The molecule has 1 aromatic carbocycles. The number of carboxylic acids is 1. The van der Waals surface area contributed by atoms with Gasteiger partial charge < -0.3 is 10.8 Å². The van der Waals surface area contributed by atoms with Gasteiger partial charge in [-0.3, -0.25) is 4.79 Å². The Hall–Kier alpha value is -1.61. The molecule has 2 saturated carbocycles. The molecule has 0 bridgehead atoms. The van der Waals surface area contributed by atoms with Crippen LogP contribution in [0.4, 0.5) is 0 Å². The van der Waals surface area contributed by atoms with Gasteiger partial charge in [0.05, 0.1) is 0 Å². The fourth-order valence-electron chi connectivity index (χ4n) is 7.13. The van der Waals surface area contributed by atoms with Crippen molar-refractivity contribution in [2.75, 3.05) is 6.54 Å². The molecule has 196 valence electrons. The van der Waals surface area contributed by atoms with Crippen LogP contribution in [0.3, 0.4) is 0 Å². The van der Waals surface area contributed by atoms with Crippen molar-refractivity contribution in [1.82, 2.24) is 0 Å². The lowest BCUT2D eigenvalue weighted by molar-refractivity contribution is -0.138. The summed E-state index contributed by atoms with van der Waals surface area (Å²) in [5, 5.41) is 9.78. The second-order valence-corrected chi connectivity index (χ2v) is 11.6.